The van der Waals surface area contributed by atoms with E-state index in [-0.39, 0.29) is 12.5 Å². The Kier molecular flexibility index (Phi) is 4.79. The van der Waals surface area contributed by atoms with E-state index in [1.165, 1.54) is 0 Å². The van der Waals surface area contributed by atoms with Gasteiger partial charge in [0.05, 0.1) is 12.5 Å². The molecule has 2 aromatic carbocycles. The topological polar surface area (TPSA) is 72.9 Å². The highest BCUT2D eigenvalue weighted by Gasteiger charge is 2.35. The van der Waals surface area contributed by atoms with Crippen LogP contribution in [0.2, 0.25) is 0 Å². The molecule has 0 bridgehead atoms. The third-order valence-corrected chi connectivity index (χ3v) is 5.21. The first kappa shape index (κ1) is 17.5. The molecule has 6 nitrogen and oxygen atoms in total. The van der Waals surface area contributed by atoms with Crippen molar-refractivity contribution in [3.05, 3.63) is 48.0 Å². The molecule has 2 aromatic rings. The lowest BCUT2D eigenvalue weighted by atomic mass is 9.96. The van der Waals surface area contributed by atoms with Crippen molar-refractivity contribution in [3.63, 3.8) is 0 Å². The van der Waals surface area contributed by atoms with Crippen LogP contribution >= 0.6 is 0 Å². The quantitative estimate of drug-likeness (QED) is 0.780. The van der Waals surface area contributed by atoms with Gasteiger partial charge in [0.15, 0.2) is 0 Å². The van der Waals surface area contributed by atoms with E-state index in [1.807, 2.05) is 42.5 Å². The Morgan fingerprint density at radius 2 is 1.89 bits per heavy atom. The number of hydrogen-bond donors (Lipinski definition) is 0. The van der Waals surface area contributed by atoms with Gasteiger partial charge in [-0.25, -0.2) is 4.79 Å². The average molecular weight is 367 g/mol. The third-order valence-electron chi connectivity index (χ3n) is 5.21. The van der Waals surface area contributed by atoms with E-state index >= 15 is 0 Å². The number of carbonyl (C=O) groups is 3. The molecule has 140 valence electrons. The molecule has 2 aliphatic heterocycles. The minimum absolute atomic E-state index is 0.0791. The maximum atomic E-state index is 13.1. The highest BCUT2D eigenvalue weighted by Crippen LogP contribution is 2.25. The molecule has 0 saturated carbocycles. The van der Waals surface area contributed by atoms with Gasteiger partial charge in [0.1, 0.15) is 0 Å². The number of carbonyl (C=O) groups excluding carboxylic acids is 3. The van der Waals surface area contributed by atoms with Crippen molar-refractivity contribution in [2.45, 2.75) is 25.4 Å². The molecule has 6 heteroatoms. The Morgan fingerprint density at radius 1 is 1.07 bits per heavy atom. The number of nitrogens with zero attached hydrogens (tertiary/aromatic N) is 1. The Labute approximate surface area is 157 Å². The van der Waals surface area contributed by atoms with Gasteiger partial charge in [-0.05, 0) is 29.7 Å². The fourth-order valence-corrected chi connectivity index (χ4v) is 3.76. The number of esters is 2. The van der Waals surface area contributed by atoms with Crippen molar-refractivity contribution in [2.24, 2.45) is 5.92 Å². The van der Waals surface area contributed by atoms with Gasteiger partial charge in [-0.1, -0.05) is 36.4 Å². The van der Waals surface area contributed by atoms with Crippen LogP contribution in [0.5, 0.6) is 0 Å². The lowest BCUT2D eigenvalue weighted by Crippen LogP contribution is -2.43. The Balaban J connectivity index is 1.48. The Hall–Kier alpha value is -2.89. The minimum Gasteiger partial charge on any atom is -0.463 e. The number of likely N-dealkylation sites (tertiary alicyclic amines) is 1. The molecule has 1 amide bonds. The summed E-state index contributed by atoms with van der Waals surface area (Å²) < 4.78 is 10.1. The number of hydrogen-bond acceptors (Lipinski definition) is 5. The number of piperidine rings is 1. The number of benzene rings is 2. The zero-order chi connectivity index (χ0) is 18.8. The number of amides is 1. The first-order valence-corrected chi connectivity index (χ1v) is 9.27. The van der Waals surface area contributed by atoms with Crippen LogP contribution in [-0.2, 0) is 19.1 Å². The van der Waals surface area contributed by atoms with E-state index < -0.39 is 24.0 Å². The van der Waals surface area contributed by atoms with Gasteiger partial charge in [0.25, 0.3) is 5.91 Å². The van der Waals surface area contributed by atoms with Crippen LogP contribution in [0.1, 0.15) is 29.6 Å². The third kappa shape index (κ3) is 3.52. The Morgan fingerprint density at radius 3 is 2.70 bits per heavy atom. The fraction of sp³-hybridized carbons (Fsp3) is 0.381. The van der Waals surface area contributed by atoms with Crippen LogP contribution in [0.4, 0.5) is 0 Å². The van der Waals surface area contributed by atoms with Crippen LogP contribution in [-0.4, -0.2) is 48.5 Å². The zero-order valence-corrected chi connectivity index (χ0v) is 14.9. The van der Waals surface area contributed by atoms with Gasteiger partial charge in [-0.3, -0.25) is 9.59 Å². The first-order valence-electron chi connectivity index (χ1n) is 9.27. The molecule has 0 spiro atoms. The smallest absolute Gasteiger partial charge is 0.347 e. The summed E-state index contributed by atoms with van der Waals surface area (Å²) in [5.41, 5.74) is 0.640. The van der Waals surface area contributed by atoms with E-state index in [2.05, 4.69) is 0 Å². The van der Waals surface area contributed by atoms with Crippen molar-refractivity contribution in [1.29, 1.82) is 0 Å². The molecule has 0 radical (unpaired) electrons. The second-order valence-corrected chi connectivity index (χ2v) is 7.00. The van der Waals surface area contributed by atoms with Crippen molar-refractivity contribution in [1.82, 2.24) is 4.90 Å². The van der Waals surface area contributed by atoms with E-state index in [0.717, 1.165) is 17.2 Å². The molecule has 2 heterocycles. The lowest BCUT2D eigenvalue weighted by Gasteiger charge is -2.32. The molecule has 0 N–H and O–H groups in total. The minimum atomic E-state index is -0.804. The van der Waals surface area contributed by atoms with E-state index in [4.69, 9.17) is 9.47 Å². The van der Waals surface area contributed by atoms with Crippen LogP contribution in [0.25, 0.3) is 10.8 Å². The van der Waals surface area contributed by atoms with Crippen LogP contribution in [0.15, 0.2) is 42.5 Å². The van der Waals surface area contributed by atoms with Gasteiger partial charge in [-0.2, -0.15) is 0 Å². The lowest BCUT2D eigenvalue weighted by molar-refractivity contribution is -0.164. The van der Waals surface area contributed by atoms with Crippen molar-refractivity contribution in [2.75, 3.05) is 19.7 Å². The van der Waals surface area contributed by atoms with Crippen LogP contribution in [0.3, 0.4) is 0 Å². The number of ether oxygens (including phenoxy) is 2. The molecule has 27 heavy (non-hydrogen) atoms. The molecule has 0 aromatic heterocycles. The molecule has 2 aliphatic rings. The predicted molar refractivity (Wildman–Crippen MR) is 98.0 cm³/mol. The summed E-state index contributed by atoms with van der Waals surface area (Å²) in [7, 11) is 0. The average Bonchev–Trinajstić information content (AvgIpc) is 3.11. The summed E-state index contributed by atoms with van der Waals surface area (Å²) in [6.45, 7) is 1.20. The van der Waals surface area contributed by atoms with Gasteiger partial charge in [0, 0.05) is 25.1 Å². The second kappa shape index (κ2) is 7.39. The molecular formula is C21H21NO5. The summed E-state index contributed by atoms with van der Waals surface area (Å²) >= 11 is 0. The summed E-state index contributed by atoms with van der Waals surface area (Å²) in [6.07, 6.45) is 0.975. The predicted octanol–water partition coefficient (Wildman–Crippen LogP) is 2.55. The summed E-state index contributed by atoms with van der Waals surface area (Å²) in [6, 6.07) is 13.4. The van der Waals surface area contributed by atoms with E-state index in [0.29, 0.717) is 31.5 Å². The molecular weight excluding hydrogens is 346 g/mol. The molecule has 2 fully saturated rings. The Bertz CT molecular complexity index is 888. The van der Waals surface area contributed by atoms with Crippen molar-refractivity contribution in [3.8, 4) is 0 Å². The highest BCUT2D eigenvalue weighted by molar-refractivity contribution is 6.07. The number of cyclic esters (lactones) is 1. The maximum absolute atomic E-state index is 13.1. The van der Waals surface area contributed by atoms with Crippen LogP contribution < -0.4 is 0 Å². The first-order chi connectivity index (χ1) is 13.1. The molecule has 2 atom stereocenters. The highest BCUT2D eigenvalue weighted by atomic mass is 16.6. The van der Waals surface area contributed by atoms with E-state index in [1.54, 1.807) is 4.90 Å². The summed E-state index contributed by atoms with van der Waals surface area (Å²) in [5.74, 6) is -1.40. The number of rotatable bonds is 3. The standard InChI is InChI=1S/C21H21NO5/c23-19(17-9-3-6-14-5-1-2-8-16(14)17)22-11-4-7-15(13-22)20(24)27-18-10-12-26-21(18)25/h1-3,5-6,8-9,15,18H,4,7,10-13H2/t15-,18+/m0/s1. The van der Waals surface area contributed by atoms with Gasteiger partial charge in [-0.15, -0.1) is 0 Å². The molecule has 4 rings (SSSR count). The normalized spacial score (nSPS) is 22.5. The van der Waals surface area contributed by atoms with Gasteiger partial charge in [0.2, 0.25) is 6.10 Å². The molecule has 0 aliphatic carbocycles. The van der Waals surface area contributed by atoms with E-state index in [9.17, 15) is 14.4 Å². The maximum Gasteiger partial charge on any atom is 0.347 e. The monoisotopic (exact) mass is 367 g/mol. The fourth-order valence-electron chi connectivity index (χ4n) is 3.76. The molecule has 0 unspecified atom stereocenters. The SMILES string of the molecule is O=C(O[C@@H]1CCOC1=O)[C@H]1CCCN(C(=O)c2cccc3ccccc23)C1. The largest absolute Gasteiger partial charge is 0.463 e. The summed E-state index contributed by atoms with van der Waals surface area (Å²) in [4.78, 5) is 38.7. The second-order valence-electron chi connectivity index (χ2n) is 7.00. The van der Waals surface area contributed by atoms with Gasteiger partial charge < -0.3 is 14.4 Å². The van der Waals surface area contributed by atoms with Crippen molar-refractivity contribution < 1.29 is 23.9 Å². The zero-order valence-electron chi connectivity index (χ0n) is 14.9. The van der Waals surface area contributed by atoms with Crippen molar-refractivity contribution >= 4 is 28.6 Å². The van der Waals surface area contributed by atoms with Gasteiger partial charge >= 0.3 is 11.9 Å². The number of fused-ring (bicyclic) bond motifs is 1. The van der Waals surface area contributed by atoms with Crippen LogP contribution in [0, 0.1) is 5.92 Å². The molecule has 2 saturated heterocycles. The summed E-state index contributed by atoms with van der Waals surface area (Å²) in [5, 5.41) is 1.92.